The summed E-state index contributed by atoms with van der Waals surface area (Å²) >= 11 is 0. The van der Waals surface area contributed by atoms with Crippen molar-refractivity contribution < 1.29 is 4.79 Å². The first-order valence-corrected chi connectivity index (χ1v) is 6.37. The summed E-state index contributed by atoms with van der Waals surface area (Å²) in [5, 5.41) is 0. The van der Waals surface area contributed by atoms with E-state index >= 15 is 0 Å². The topological polar surface area (TPSA) is 33.2 Å². The summed E-state index contributed by atoms with van der Waals surface area (Å²) in [6, 6.07) is 9.78. The molecule has 0 radical (unpaired) electrons. The lowest BCUT2D eigenvalue weighted by Gasteiger charge is -2.32. The first kappa shape index (κ1) is 11.9. The molecule has 1 aliphatic heterocycles. The Bertz CT molecular complexity index is 647. The summed E-state index contributed by atoms with van der Waals surface area (Å²) in [7, 11) is 0. The van der Waals surface area contributed by atoms with Crippen molar-refractivity contribution in [3.05, 3.63) is 59.4 Å². The van der Waals surface area contributed by atoms with Crippen LogP contribution in [0.1, 0.15) is 35.3 Å². The molecule has 0 aliphatic carbocycles. The average Bonchev–Trinajstić information content (AvgIpc) is 2.58. The van der Waals surface area contributed by atoms with Gasteiger partial charge in [-0.1, -0.05) is 17.7 Å². The van der Waals surface area contributed by atoms with Gasteiger partial charge in [-0.3, -0.25) is 14.7 Å². The van der Waals surface area contributed by atoms with Gasteiger partial charge >= 0.3 is 0 Å². The van der Waals surface area contributed by atoms with Gasteiger partial charge in [0.15, 0.2) is 0 Å². The van der Waals surface area contributed by atoms with Gasteiger partial charge in [-0.2, -0.15) is 0 Å². The van der Waals surface area contributed by atoms with Crippen LogP contribution in [-0.4, -0.2) is 10.9 Å². The summed E-state index contributed by atoms with van der Waals surface area (Å²) in [5.74, 6) is 0.0491. The highest BCUT2D eigenvalue weighted by atomic mass is 16.2. The van der Waals surface area contributed by atoms with Crippen molar-refractivity contribution >= 4 is 11.6 Å². The Kier molecular flexibility index (Phi) is 2.45. The zero-order valence-electron chi connectivity index (χ0n) is 11.3. The van der Waals surface area contributed by atoms with E-state index in [1.165, 1.54) is 5.56 Å². The molecule has 3 rings (SSSR count). The zero-order valence-corrected chi connectivity index (χ0v) is 11.3. The molecular weight excluding hydrogens is 236 g/mol. The standard InChI is InChI=1S/C16H16N2O/c1-11-6-7-13-14(9-11)16(2,3)18(15(13)19)12-5-4-8-17-10-12/h4-10H,1-3H3. The number of benzene rings is 1. The highest BCUT2D eigenvalue weighted by molar-refractivity contribution is 6.11. The van der Waals surface area contributed by atoms with Gasteiger partial charge in [-0.05, 0) is 44.5 Å². The summed E-state index contributed by atoms with van der Waals surface area (Å²) in [4.78, 5) is 18.6. The molecule has 0 unspecified atom stereocenters. The number of carbonyl (C=O) groups excluding carboxylic acids is 1. The molecule has 96 valence electrons. The molecule has 19 heavy (non-hydrogen) atoms. The molecule has 0 saturated carbocycles. The molecule has 1 aromatic heterocycles. The number of aromatic nitrogens is 1. The highest BCUT2D eigenvalue weighted by Gasteiger charge is 2.43. The Labute approximate surface area is 112 Å². The summed E-state index contributed by atoms with van der Waals surface area (Å²) < 4.78 is 0. The van der Waals surface area contributed by atoms with E-state index in [0.29, 0.717) is 0 Å². The van der Waals surface area contributed by atoms with E-state index in [0.717, 1.165) is 16.8 Å². The van der Waals surface area contributed by atoms with Crippen molar-refractivity contribution in [1.82, 2.24) is 4.98 Å². The number of aryl methyl sites for hydroxylation is 1. The molecule has 2 aromatic rings. The van der Waals surface area contributed by atoms with Gasteiger partial charge in [0.1, 0.15) is 0 Å². The molecule has 2 heterocycles. The van der Waals surface area contributed by atoms with Crippen LogP contribution in [0.2, 0.25) is 0 Å². The Hall–Kier alpha value is -2.16. The van der Waals surface area contributed by atoms with Crippen LogP contribution in [0.15, 0.2) is 42.7 Å². The second kappa shape index (κ2) is 3.92. The van der Waals surface area contributed by atoms with E-state index in [1.54, 1.807) is 12.4 Å². The predicted octanol–water partition coefficient (Wildman–Crippen LogP) is 3.29. The smallest absolute Gasteiger partial charge is 0.259 e. The number of hydrogen-bond donors (Lipinski definition) is 0. The van der Waals surface area contributed by atoms with Gasteiger partial charge < -0.3 is 0 Å². The van der Waals surface area contributed by atoms with Crippen LogP contribution in [-0.2, 0) is 5.54 Å². The predicted molar refractivity (Wildman–Crippen MR) is 75.3 cm³/mol. The minimum absolute atomic E-state index is 0.0491. The second-order valence-electron chi connectivity index (χ2n) is 5.46. The van der Waals surface area contributed by atoms with Gasteiger partial charge in [-0.15, -0.1) is 0 Å². The van der Waals surface area contributed by atoms with Crippen molar-refractivity contribution in [2.75, 3.05) is 4.90 Å². The Morgan fingerprint density at radius 1 is 1.21 bits per heavy atom. The molecule has 3 nitrogen and oxygen atoms in total. The number of hydrogen-bond acceptors (Lipinski definition) is 2. The van der Waals surface area contributed by atoms with Gasteiger partial charge in [0.2, 0.25) is 0 Å². The van der Waals surface area contributed by atoms with E-state index in [2.05, 4.69) is 24.9 Å². The lowest BCUT2D eigenvalue weighted by molar-refractivity contribution is 0.0982. The maximum atomic E-state index is 12.6. The van der Waals surface area contributed by atoms with E-state index in [1.807, 2.05) is 36.1 Å². The van der Waals surface area contributed by atoms with Crippen molar-refractivity contribution in [1.29, 1.82) is 0 Å². The molecular formula is C16H16N2O. The van der Waals surface area contributed by atoms with Crippen LogP contribution in [0.4, 0.5) is 5.69 Å². The molecule has 3 heteroatoms. The van der Waals surface area contributed by atoms with Crippen LogP contribution >= 0.6 is 0 Å². The average molecular weight is 252 g/mol. The molecule has 0 N–H and O–H groups in total. The number of rotatable bonds is 1. The second-order valence-corrected chi connectivity index (χ2v) is 5.46. The SMILES string of the molecule is Cc1ccc2c(c1)C(C)(C)N(c1cccnc1)C2=O. The normalized spacial score (nSPS) is 16.6. The third kappa shape index (κ3) is 1.65. The van der Waals surface area contributed by atoms with Gasteiger partial charge in [0, 0.05) is 11.8 Å². The largest absolute Gasteiger partial charge is 0.297 e. The molecule has 0 atom stereocenters. The fourth-order valence-electron chi connectivity index (χ4n) is 2.77. The third-order valence-corrected chi connectivity index (χ3v) is 3.73. The molecule has 0 fully saturated rings. The lowest BCUT2D eigenvalue weighted by Crippen LogP contribution is -2.39. The van der Waals surface area contributed by atoms with Crippen LogP contribution in [0.5, 0.6) is 0 Å². The summed E-state index contributed by atoms with van der Waals surface area (Å²) in [5.41, 5.74) is 3.54. The zero-order chi connectivity index (χ0) is 13.6. The highest BCUT2D eigenvalue weighted by Crippen LogP contribution is 2.41. The minimum atomic E-state index is -0.346. The summed E-state index contributed by atoms with van der Waals surface area (Å²) in [6.45, 7) is 6.19. The number of nitrogens with zero attached hydrogens (tertiary/aromatic N) is 2. The molecule has 1 aliphatic rings. The third-order valence-electron chi connectivity index (χ3n) is 3.73. The fraction of sp³-hybridized carbons (Fsp3) is 0.250. The number of amides is 1. The first-order chi connectivity index (χ1) is 9.01. The summed E-state index contributed by atoms with van der Waals surface area (Å²) in [6.07, 6.45) is 3.45. The Balaban J connectivity index is 2.19. The van der Waals surface area contributed by atoms with Gasteiger partial charge in [-0.25, -0.2) is 0 Å². The number of anilines is 1. The Morgan fingerprint density at radius 3 is 2.68 bits per heavy atom. The van der Waals surface area contributed by atoms with E-state index in [9.17, 15) is 4.79 Å². The number of carbonyl (C=O) groups is 1. The maximum Gasteiger partial charge on any atom is 0.259 e. The Morgan fingerprint density at radius 2 is 2.00 bits per heavy atom. The molecule has 1 aromatic carbocycles. The maximum absolute atomic E-state index is 12.6. The lowest BCUT2D eigenvalue weighted by atomic mass is 9.92. The number of pyridine rings is 1. The monoisotopic (exact) mass is 252 g/mol. The van der Waals surface area contributed by atoms with E-state index < -0.39 is 0 Å². The molecule has 0 spiro atoms. The van der Waals surface area contributed by atoms with Crippen LogP contribution < -0.4 is 4.90 Å². The van der Waals surface area contributed by atoms with Crippen molar-refractivity contribution in [2.24, 2.45) is 0 Å². The van der Waals surface area contributed by atoms with E-state index in [-0.39, 0.29) is 11.4 Å². The first-order valence-electron chi connectivity index (χ1n) is 6.37. The van der Waals surface area contributed by atoms with Crippen LogP contribution in [0, 0.1) is 6.92 Å². The molecule has 1 amide bonds. The van der Waals surface area contributed by atoms with Gasteiger partial charge in [0.05, 0.1) is 17.4 Å². The van der Waals surface area contributed by atoms with Crippen LogP contribution in [0.25, 0.3) is 0 Å². The molecule has 0 bridgehead atoms. The number of fused-ring (bicyclic) bond motifs is 1. The molecule has 0 saturated heterocycles. The van der Waals surface area contributed by atoms with E-state index in [4.69, 9.17) is 0 Å². The van der Waals surface area contributed by atoms with Crippen molar-refractivity contribution in [3.8, 4) is 0 Å². The van der Waals surface area contributed by atoms with Crippen molar-refractivity contribution in [2.45, 2.75) is 26.3 Å². The van der Waals surface area contributed by atoms with Crippen LogP contribution in [0.3, 0.4) is 0 Å². The quantitative estimate of drug-likeness (QED) is 0.780. The fourth-order valence-corrected chi connectivity index (χ4v) is 2.77. The van der Waals surface area contributed by atoms with Crippen molar-refractivity contribution in [3.63, 3.8) is 0 Å². The van der Waals surface area contributed by atoms with Gasteiger partial charge in [0.25, 0.3) is 5.91 Å². The minimum Gasteiger partial charge on any atom is -0.297 e.